The maximum atomic E-state index is 12.7. The molecule has 128 valence electrons. The molecule has 0 radical (unpaired) electrons. The number of carbonyl (C=O) groups is 1. The molecule has 0 aliphatic heterocycles. The second-order valence-corrected chi connectivity index (χ2v) is 6.05. The number of anilines is 1. The van der Waals surface area contributed by atoms with Crippen molar-refractivity contribution in [2.45, 2.75) is 20.8 Å². The zero-order valence-electron chi connectivity index (χ0n) is 14.8. The molecule has 1 amide bonds. The van der Waals surface area contributed by atoms with Crippen LogP contribution in [0.15, 0.2) is 48.5 Å². The van der Waals surface area contributed by atoms with E-state index in [0.717, 1.165) is 22.6 Å². The fourth-order valence-electron chi connectivity index (χ4n) is 2.80. The summed E-state index contributed by atoms with van der Waals surface area (Å²) in [6.07, 6.45) is 0. The van der Waals surface area contributed by atoms with Crippen LogP contribution in [-0.4, -0.2) is 22.8 Å². The van der Waals surface area contributed by atoms with Crippen molar-refractivity contribution in [2.24, 2.45) is 0 Å². The molecule has 0 bridgehead atoms. The van der Waals surface area contributed by atoms with Crippen molar-refractivity contribution >= 4 is 11.6 Å². The summed E-state index contributed by atoms with van der Waals surface area (Å²) in [6, 6.07) is 15.2. The van der Waals surface area contributed by atoms with Gasteiger partial charge in [0.1, 0.15) is 5.75 Å². The van der Waals surface area contributed by atoms with Crippen LogP contribution < -0.4 is 10.1 Å². The van der Waals surface area contributed by atoms with Crippen molar-refractivity contribution in [3.63, 3.8) is 0 Å². The van der Waals surface area contributed by atoms with E-state index in [1.165, 1.54) is 0 Å². The second kappa shape index (κ2) is 6.81. The van der Waals surface area contributed by atoms with Crippen LogP contribution in [-0.2, 0) is 0 Å². The van der Waals surface area contributed by atoms with Crippen molar-refractivity contribution in [2.75, 3.05) is 12.4 Å². The number of ether oxygens (including phenoxy) is 1. The summed E-state index contributed by atoms with van der Waals surface area (Å²) in [6.45, 7) is 5.90. The minimum Gasteiger partial charge on any atom is -0.496 e. The van der Waals surface area contributed by atoms with Gasteiger partial charge >= 0.3 is 0 Å². The molecule has 0 saturated carbocycles. The average Bonchev–Trinajstić information content (AvgIpc) is 2.93. The Hall–Kier alpha value is -3.08. The van der Waals surface area contributed by atoms with Crippen LogP contribution in [0.5, 0.6) is 5.75 Å². The number of hydrogen-bond acceptors (Lipinski definition) is 3. The van der Waals surface area contributed by atoms with Gasteiger partial charge in [0.15, 0.2) is 0 Å². The Morgan fingerprint density at radius 2 is 1.88 bits per heavy atom. The van der Waals surface area contributed by atoms with Crippen LogP contribution in [0.3, 0.4) is 0 Å². The highest BCUT2D eigenvalue weighted by atomic mass is 16.5. The lowest BCUT2D eigenvalue weighted by atomic mass is 10.1. The molecule has 1 heterocycles. The quantitative estimate of drug-likeness (QED) is 0.782. The van der Waals surface area contributed by atoms with Gasteiger partial charge in [0, 0.05) is 11.4 Å². The Balaban J connectivity index is 1.89. The van der Waals surface area contributed by atoms with Gasteiger partial charge in [0.2, 0.25) is 0 Å². The number of carbonyl (C=O) groups excluding carboxylic acids is 1. The van der Waals surface area contributed by atoms with Crippen LogP contribution in [0.4, 0.5) is 5.69 Å². The lowest BCUT2D eigenvalue weighted by molar-refractivity contribution is 0.102. The Bertz CT molecular complexity index is 928. The van der Waals surface area contributed by atoms with Crippen LogP contribution in [0.2, 0.25) is 0 Å². The fourth-order valence-corrected chi connectivity index (χ4v) is 2.80. The molecule has 0 atom stereocenters. The molecule has 0 aliphatic carbocycles. The van der Waals surface area contributed by atoms with Gasteiger partial charge in [0.05, 0.1) is 24.1 Å². The van der Waals surface area contributed by atoms with E-state index >= 15 is 0 Å². The third-order valence-electron chi connectivity index (χ3n) is 3.96. The van der Waals surface area contributed by atoms with Gasteiger partial charge in [0.25, 0.3) is 5.91 Å². The van der Waals surface area contributed by atoms with Crippen molar-refractivity contribution in [1.29, 1.82) is 0 Å². The van der Waals surface area contributed by atoms with Crippen molar-refractivity contribution in [3.05, 3.63) is 71.0 Å². The first kappa shape index (κ1) is 16.8. The van der Waals surface area contributed by atoms with Gasteiger partial charge in [-0.25, -0.2) is 4.68 Å². The maximum absolute atomic E-state index is 12.7. The third-order valence-corrected chi connectivity index (χ3v) is 3.96. The van der Waals surface area contributed by atoms with Crippen molar-refractivity contribution in [1.82, 2.24) is 9.78 Å². The molecule has 5 heteroatoms. The molecule has 3 aromatic rings. The smallest absolute Gasteiger partial charge is 0.259 e. The monoisotopic (exact) mass is 335 g/mol. The molecule has 0 aliphatic rings. The fraction of sp³-hybridized carbons (Fsp3) is 0.200. The Morgan fingerprint density at radius 1 is 1.08 bits per heavy atom. The van der Waals surface area contributed by atoms with Crippen molar-refractivity contribution < 1.29 is 9.53 Å². The Morgan fingerprint density at radius 3 is 2.56 bits per heavy atom. The highest BCUT2D eigenvalue weighted by Crippen LogP contribution is 2.22. The van der Waals surface area contributed by atoms with E-state index in [2.05, 4.69) is 10.4 Å². The molecule has 0 saturated heterocycles. The minimum absolute atomic E-state index is 0.203. The van der Waals surface area contributed by atoms with Crippen molar-refractivity contribution in [3.8, 4) is 11.4 Å². The highest BCUT2D eigenvalue weighted by molar-refractivity contribution is 6.06. The number of hydrogen-bond donors (Lipinski definition) is 1. The number of amides is 1. The van der Waals surface area contributed by atoms with E-state index < -0.39 is 0 Å². The van der Waals surface area contributed by atoms with Gasteiger partial charge < -0.3 is 10.1 Å². The third kappa shape index (κ3) is 3.55. The molecule has 25 heavy (non-hydrogen) atoms. The molecule has 1 N–H and O–H groups in total. The summed E-state index contributed by atoms with van der Waals surface area (Å²) in [7, 11) is 1.56. The number of methoxy groups -OCH3 is 1. The second-order valence-electron chi connectivity index (χ2n) is 6.05. The molecule has 3 rings (SSSR count). The van der Waals surface area contributed by atoms with E-state index in [4.69, 9.17) is 4.74 Å². The van der Waals surface area contributed by atoms with Crippen LogP contribution in [0.25, 0.3) is 5.69 Å². The lowest BCUT2D eigenvalue weighted by Crippen LogP contribution is -2.13. The lowest BCUT2D eigenvalue weighted by Gasteiger charge is -2.11. The van der Waals surface area contributed by atoms with E-state index in [0.29, 0.717) is 17.0 Å². The summed E-state index contributed by atoms with van der Waals surface area (Å²) in [5, 5.41) is 7.42. The van der Waals surface area contributed by atoms with Crippen LogP contribution in [0, 0.1) is 20.8 Å². The summed E-state index contributed by atoms with van der Waals surface area (Å²) < 4.78 is 7.16. The van der Waals surface area contributed by atoms with E-state index in [1.54, 1.807) is 13.2 Å². The number of benzene rings is 2. The SMILES string of the molecule is COc1ccc(C)cc1C(=O)Nc1cccc(-n2nc(C)cc2C)c1. The summed E-state index contributed by atoms with van der Waals surface area (Å²) in [4.78, 5) is 12.7. The first-order chi connectivity index (χ1) is 12.0. The molecular weight excluding hydrogens is 314 g/mol. The predicted molar refractivity (Wildman–Crippen MR) is 98.7 cm³/mol. The predicted octanol–water partition coefficient (Wildman–Crippen LogP) is 4.06. The number of aromatic nitrogens is 2. The van der Waals surface area contributed by atoms with Crippen LogP contribution in [0.1, 0.15) is 27.3 Å². The molecule has 0 spiro atoms. The highest BCUT2D eigenvalue weighted by Gasteiger charge is 2.13. The molecule has 1 aromatic heterocycles. The Labute approximate surface area is 147 Å². The van der Waals surface area contributed by atoms with Gasteiger partial charge in [-0.3, -0.25) is 4.79 Å². The largest absolute Gasteiger partial charge is 0.496 e. The van der Waals surface area contributed by atoms with Gasteiger partial charge in [-0.05, 0) is 57.2 Å². The molecular formula is C20H21N3O2. The number of aryl methyl sites for hydroxylation is 3. The minimum atomic E-state index is -0.203. The molecule has 0 unspecified atom stereocenters. The summed E-state index contributed by atoms with van der Waals surface area (Å²) in [5.74, 6) is 0.351. The molecule has 0 fully saturated rings. The average molecular weight is 335 g/mol. The van der Waals surface area contributed by atoms with E-state index in [-0.39, 0.29) is 5.91 Å². The standard InChI is InChI=1S/C20H21N3O2/c1-13-8-9-19(25-4)18(10-13)20(24)21-16-6-5-7-17(12-16)23-15(3)11-14(2)22-23/h5-12H,1-4H3,(H,21,24). The van der Waals surface area contributed by atoms with Gasteiger partial charge in [-0.2, -0.15) is 5.10 Å². The number of nitrogens with one attached hydrogen (secondary N) is 1. The Kier molecular flexibility index (Phi) is 4.57. The molecule has 2 aromatic carbocycles. The van der Waals surface area contributed by atoms with Gasteiger partial charge in [-0.15, -0.1) is 0 Å². The zero-order chi connectivity index (χ0) is 18.0. The molecule has 5 nitrogen and oxygen atoms in total. The summed E-state index contributed by atoms with van der Waals surface area (Å²) >= 11 is 0. The van der Waals surface area contributed by atoms with Gasteiger partial charge in [-0.1, -0.05) is 17.7 Å². The number of nitrogens with zero attached hydrogens (tertiary/aromatic N) is 2. The normalized spacial score (nSPS) is 10.6. The van der Waals surface area contributed by atoms with E-state index in [9.17, 15) is 4.79 Å². The summed E-state index contributed by atoms with van der Waals surface area (Å²) in [5.41, 5.74) is 5.12. The maximum Gasteiger partial charge on any atom is 0.259 e. The van der Waals surface area contributed by atoms with Crippen LogP contribution >= 0.6 is 0 Å². The topological polar surface area (TPSA) is 56.1 Å². The number of rotatable bonds is 4. The zero-order valence-corrected chi connectivity index (χ0v) is 14.8. The first-order valence-corrected chi connectivity index (χ1v) is 8.07. The van der Waals surface area contributed by atoms with E-state index in [1.807, 2.05) is 67.9 Å². The first-order valence-electron chi connectivity index (χ1n) is 8.07.